The summed E-state index contributed by atoms with van der Waals surface area (Å²) < 4.78 is 5.06. The summed E-state index contributed by atoms with van der Waals surface area (Å²) in [7, 11) is 0. The Kier molecular flexibility index (Phi) is 4.82. The molecule has 134 valence electrons. The van der Waals surface area contributed by atoms with Gasteiger partial charge in [-0.1, -0.05) is 6.07 Å². The summed E-state index contributed by atoms with van der Waals surface area (Å²) >= 11 is 3.01. The van der Waals surface area contributed by atoms with Gasteiger partial charge >= 0.3 is 0 Å². The number of benzene rings is 1. The number of hydrogen-bond acceptors (Lipinski definition) is 6. The van der Waals surface area contributed by atoms with Crippen LogP contribution in [0.15, 0.2) is 69.3 Å². The number of nitrogens with zero attached hydrogens (tertiary/aromatic N) is 1. The van der Waals surface area contributed by atoms with Crippen molar-refractivity contribution in [2.75, 3.05) is 10.6 Å². The van der Waals surface area contributed by atoms with E-state index in [2.05, 4.69) is 15.6 Å². The van der Waals surface area contributed by atoms with E-state index in [0.29, 0.717) is 17.1 Å². The topological polar surface area (TPSA) is 84.2 Å². The SMILES string of the molecule is O=C(Nc1cccc(NC(=O)c2ccco2)c1)c1csc(-c2ccsc2)n1. The molecule has 3 heterocycles. The van der Waals surface area contributed by atoms with Crippen molar-refractivity contribution < 1.29 is 14.0 Å². The van der Waals surface area contributed by atoms with E-state index in [9.17, 15) is 9.59 Å². The summed E-state index contributed by atoms with van der Waals surface area (Å²) in [6.45, 7) is 0. The zero-order chi connectivity index (χ0) is 18.6. The second-order valence-corrected chi connectivity index (χ2v) is 7.15. The van der Waals surface area contributed by atoms with Crippen molar-refractivity contribution in [1.82, 2.24) is 4.98 Å². The van der Waals surface area contributed by atoms with Gasteiger partial charge in [0.2, 0.25) is 0 Å². The van der Waals surface area contributed by atoms with Crippen LogP contribution >= 0.6 is 22.7 Å². The fourth-order valence-corrected chi connectivity index (χ4v) is 3.88. The van der Waals surface area contributed by atoms with Crippen molar-refractivity contribution >= 4 is 45.9 Å². The molecule has 27 heavy (non-hydrogen) atoms. The van der Waals surface area contributed by atoms with Crippen LogP contribution in [0.1, 0.15) is 21.0 Å². The molecule has 0 spiro atoms. The van der Waals surface area contributed by atoms with Crippen LogP contribution in [0.2, 0.25) is 0 Å². The van der Waals surface area contributed by atoms with Crippen LogP contribution in [0.5, 0.6) is 0 Å². The fraction of sp³-hybridized carbons (Fsp3) is 0. The first-order valence-corrected chi connectivity index (χ1v) is 9.76. The van der Waals surface area contributed by atoms with Gasteiger partial charge < -0.3 is 15.1 Å². The Bertz CT molecular complexity index is 1070. The van der Waals surface area contributed by atoms with Crippen LogP contribution in [-0.4, -0.2) is 16.8 Å². The van der Waals surface area contributed by atoms with E-state index in [1.807, 2.05) is 16.8 Å². The molecule has 0 radical (unpaired) electrons. The maximum atomic E-state index is 12.5. The fourth-order valence-electron chi connectivity index (χ4n) is 2.37. The maximum absolute atomic E-state index is 12.5. The van der Waals surface area contributed by atoms with Crippen LogP contribution in [0, 0.1) is 0 Å². The number of carbonyl (C=O) groups excluding carboxylic acids is 2. The molecule has 4 rings (SSSR count). The van der Waals surface area contributed by atoms with Gasteiger partial charge in [-0.05, 0) is 41.8 Å². The summed E-state index contributed by atoms with van der Waals surface area (Å²) in [5.41, 5.74) is 2.46. The van der Waals surface area contributed by atoms with Gasteiger partial charge in [0.05, 0.1) is 6.26 Å². The van der Waals surface area contributed by atoms with E-state index < -0.39 is 0 Å². The van der Waals surface area contributed by atoms with Gasteiger partial charge in [-0.2, -0.15) is 11.3 Å². The minimum absolute atomic E-state index is 0.216. The van der Waals surface area contributed by atoms with E-state index >= 15 is 0 Å². The molecule has 8 heteroatoms. The first-order valence-electron chi connectivity index (χ1n) is 7.93. The number of thiazole rings is 1. The number of hydrogen-bond donors (Lipinski definition) is 2. The van der Waals surface area contributed by atoms with Crippen LogP contribution in [0.25, 0.3) is 10.6 Å². The Labute approximate surface area is 162 Å². The van der Waals surface area contributed by atoms with Gasteiger partial charge in [0, 0.05) is 27.7 Å². The Morgan fingerprint density at radius 3 is 2.48 bits per heavy atom. The number of rotatable bonds is 5. The standard InChI is InChI=1S/C19H13N3O3S2/c23-17(15-11-27-19(22-15)12-6-8-26-10-12)20-13-3-1-4-14(9-13)21-18(24)16-5-2-7-25-16/h1-11H,(H,20,23)(H,21,24). The number of thiophene rings is 1. The lowest BCUT2D eigenvalue weighted by atomic mass is 10.2. The van der Waals surface area contributed by atoms with Crippen LogP contribution in [-0.2, 0) is 0 Å². The molecular formula is C19H13N3O3S2. The van der Waals surface area contributed by atoms with Crippen molar-refractivity contribution in [3.63, 3.8) is 0 Å². The lowest BCUT2D eigenvalue weighted by Crippen LogP contribution is -2.14. The number of aromatic nitrogens is 1. The zero-order valence-corrected chi connectivity index (χ0v) is 15.5. The van der Waals surface area contributed by atoms with E-state index in [1.54, 1.807) is 53.1 Å². The molecule has 0 aliphatic heterocycles. The molecule has 6 nitrogen and oxygen atoms in total. The number of carbonyl (C=O) groups is 2. The van der Waals surface area contributed by atoms with E-state index in [4.69, 9.17) is 4.42 Å². The Balaban J connectivity index is 1.45. The molecule has 0 aliphatic rings. The monoisotopic (exact) mass is 395 g/mol. The summed E-state index contributed by atoms with van der Waals surface area (Å²) in [5, 5.41) is 12.0. The van der Waals surface area contributed by atoms with Gasteiger partial charge in [-0.3, -0.25) is 9.59 Å². The molecule has 0 fully saturated rings. The summed E-state index contributed by atoms with van der Waals surface area (Å²) in [4.78, 5) is 28.9. The molecule has 0 saturated heterocycles. The smallest absolute Gasteiger partial charge is 0.291 e. The average molecular weight is 395 g/mol. The van der Waals surface area contributed by atoms with Crippen molar-refractivity contribution in [3.8, 4) is 10.6 Å². The average Bonchev–Trinajstić information content (AvgIpc) is 3.43. The summed E-state index contributed by atoms with van der Waals surface area (Å²) in [5.74, 6) is -0.446. The highest BCUT2D eigenvalue weighted by atomic mass is 32.1. The molecule has 0 bridgehead atoms. The Morgan fingerprint density at radius 1 is 0.963 bits per heavy atom. The molecule has 4 aromatic rings. The Morgan fingerprint density at radius 2 is 1.78 bits per heavy atom. The van der Waals surface area contributed by atoms with Gasteiger partial charge in [-0.25, -0.2) is 4.98 Å². The van der Waals surface area contributed by atoms with E-state index in [1.165, 1.54) is 17.6 Å². The van der Waals surface area contributed by atoms with E-state index in [0.717, 1.165) is 10.6 Å². The predicted octanol–water partition coefficient (Wildman–Crippen LogP) is 4.97. The second-order valence-electron chi connectivity index (χ2n) is 5.52. The molecule has 0 unspecified atom stereocenters. The quantitative estimate of drug-likeness (QED) is 0.500. The highest BCUT2D eigenvalue weighted by Gasteiger charge is 2.13. The molecule has 3 aromatic heterocycles. The van der Waals surface area contributed by atoms with Gasteiger partial charge in [0.15, 0.2) is 5.76 Å². The zero-order valence-electron chi connectivity index (χ0n) is 13.8. The first-order chi connectivity index (χ1) is 13.2. The highest BCUT2D eigenvalue weighted by molar-refractivity contribution is 7.14. The number of amides is 2. The number of anilines is 2. The Hall–Kier alpha value is -3.23. The van der Waals surface area contributed by atoms with Crippen molar-refractivity contribution in [2.24, 2.45) is 0 Å². The summed E-state index contributed by atoms with van der Waals surface area (Å²) in [6.07, 6.45) is 1.43. The predicted molar refractivity (Wildman–Crippen MR) is 106 cm³/mol. The lowest BCUT2D eigenvalue weighted by Gasteiger charge is -2.07. The van der Waals surface area contributed by atoms with Crippen molar-refractivity contribution in [2.45, 2.75) is 0 Å². The third-order valence-corrected chi connectivity index (χ3v) is 5.20. The molecule has 0 saturated carbocycles. The molecular weight excluding hydrogens is 382 g/mol. The van der Waals surface area contributed by atoms with Gasteiger partial charge in [0.25, 0.3) is 11.8 Å². The van der Waals surface area contributed by atoms with Gasteiger partial charge in [0.1, 0.15) is 10.7 Å². The van der Waals surface area contributed by atoms with E-state index in [-0.39, 0.29) is 17.6 Å². The van der Waals surface area contributed by atoms with Crippen LogP contribution in [0.4, 0.5) is 11.4 Å². The minimum Gasteiger partial charge on any atom is -0.459 e. The van der Waals surface area contributed by atoms with Crippen molar-refractivity contribution in [1.29, 1.82) is 0 Å². The normalized spacial score (nSPS) is 10.5. The molecule has 0 atom stereocenters. The maximum Gasteiger partial charge on any atom is 0.291 e. The lowest BCUT2D eigenvalue weighted by molar-refractivity contribution is 0.0994. The number of furan rings is 1. The number of nitrogens with one attached hydrogen (secondary N) is 2. The highest BCUT2D eigenvalue weighted by Crippen LogP contribution is 2.26. The third kappa shape index (κ3) is 3.97. The van der Waals surface area contributed by atoms with Crippen LogP contribution in [0.3, 0.4) is 0 Å². The summed E-state index contributed by atoms with van der Waals surface area (Å²) in [6, 6.07) is 12.1. The minimum atomic E-state index is -0.358. The van der Waals surface area contributed by atoms with Gasteiger partial charge in [-0.15, -0.1) is 11.3 Å². The van der Waals surface area contributed by atoms with Crippen LogP contribution < -0.4 is 10.6 Å². The third-order valence-electron chi connectivity index (χ3n) is 3.63. The molecule has 2 N–H and O–H groups in total. The first kappa shape index (κ1) is 17.2. The molecule has 1 aromatic carbocycles. The molecule has 0 aliphatic carbocycles. The second kappa shape index (κ2) is 7.56. The largest absolute Gasteiger partial charge is 0.459 e. The van der Waals surface area contributed by atoms with Crippen molar-refractivity contribution in [3.05, 3.63) is 76.3 Å². The molecule has 2 amide bonds.